The van der Waals surface area contributed by atoms with Crippen LogP contribution < -0.4 is 4.90 Å². The predicted octanol–water partition coefficient (Wildman–Crippen LogP) is 5.92. The second kappa shape index (κ2) is 5.79. The predicted molar refractivity (Wildman–Crippen MR) is 98.8 cm³/mol. The van der Waals surface area contributed by atoms with Crippen molar-refractivity contribution in [2.75, 3.05) is 11.9 Å². The standard InChI is InChI=1S/C21H29N/c1-12-11-15(4)20(19(8)16(12)5)22(9)21-17(6)13(2)10-14(3)18(21)7/h10-11H,1-9H3. The van der Waals surface area contributed by atoms with E-state index >= 15 is 0 Å². The number of hydrogen-bond acceptors (Lipinski definition) is 1. The average molecular weight is 295 g/mol. The topological polar surface area (TPSA) is 3.24 Å². The number of benzene rings is 2. The van der Waals surface area contributed by atoms with Gasteiger partial charge in [0.2, 0.25) is 0 Å². The van der Waals surface area contributed by atoms with Crippen molar-refractivity contribution in [1.29, 1.82) is 0 Å². The van der Waals surface area contributed by atoms with Gasteiger partial charge in [0, 0.05) is 18.4 Å². The normalized spacial score (nSPS) is 11.0. The lowest BCUT2D eigenvalue weighted by atomic mass is 9.94. The molecule has 0 fully saturated rings. The molecule has 2 aromatic carbocycles. The Bertz CT molecular complexity index is 712. The van der Waals surface area contributed by atoms with Crippen molar-refractivity contribution >= 4 is 11.4 Å². The van der Waals surface area contributed by atoms with Crippen LogP contribution in [0.3, 0.4) is 0 Å². The molecule has 2 rings (SSSR count). The van der Waals surface area contributed by atoms with Crippen LogP contribution in [0.2, 0.25) is 0 Å². The van der Waals surface area contributed by atoms with E-state index in [1.807, 2.05) is 0 Å². The molecule has 1 nitrogen and oxygen atoms in total. The largest absolute Gasteiger partial charge is 0.344 e. The molecule has 0 atom stereocenters. The first kappa shape index (κ1) is 16.6. The molecule has 0 heterocycles. The highest BCUT2D eigenvalue weighted by Gasteiger charge is 2.18. The van der Waals surface area contributed by atoms with Crippen LogP contribution in [0.15, 0.2) is 12.1 Å². The van der Waals surface area contributed by atoms with E-state index in [-0.39, 0.29) is 0 Å². The summed E-state index contributed by atoms with van der Waals surface area (Å²) in [7, 11) is 2.21. The molecule has 0 saturated carbocycles. The lowest BCUT2D eigenvalue weighted by Gasteiger charge is -2.30. The highest BCUT2D eigenvalue weighted by Crippen LogP contribution is 2.38. The molecule has 0 radical (unpaired) electrons. The molecule has 0 aliphatic rings. The van der Waals surface area contributed by atoms with Crippen molar-refractivity contribution in [3.8, 4) is 0 Å². The molecule has 0 aliphatic carbocycles. The van der Waals surface area contributed by atoms with E-state index < -0.39 is 0 Å². The maximum atomic E-state index is 2.39. The third kappa shape index (κ3) is 2.54. The van der Waals surface area contributed by atoms with Crippen LogP contribution in [0.1, 0.15) is 44.5 Å². The summed E-state index contributed by atoms with van der Waals surface area (Å²) < 4.78 is 0. The Labute approximate surface area is 136 Å². The quantitative estimate of drug-likeness (QED) is 0.664. The van der Waals surface area contributed by atoms with Crippen LogP contribution in [0, 0.1) is 55.4 Å². The molecule has 2 aromatic rings. The number of rotatable bonds is 2. The van der Waals surface area contributed by atoms with E-state index in [0.29, 0.717) is 0 Å². The van der Waals surface area contributed by atoms with Crippen LogP contribution in [-0.4, -0.2) is 7.05 Å². The summed E-state index contributed by atoms with van der Waals surface area (Å²) in [6, 6.07) is 4.60. The Balaban J connectivity index is 2.74. The summed E-state index contributed by atoms with van der Waals surface area (Å²) in [5, 5.41) is 0. The van der Waals surface area contributed by atoms with Gasteiger partial charge < -0.3 is 4.90 Å². The smallest absolute Gasteiger partial charge is 0.0472 e. The summed E-state index contributed by atoms with van der Waals surface area (Å²) >= 11 is 0. The van der Waals surface area contributed by atoms with Gasteiger partial charge in [-0.3, -0.25) is 0 Å². The minimum absolute atomic E-state index is 1.35. The molecule has 0 aliphatic heterocycles. The van der Waals surface area contributed by atoms with Crippen molar-refractivity contribution in [3.63, 3.8) is 0 Å². The van der Waals surface area contributed by atoms with Gasteiger partial charge in [-0.25, -0.2) is 0 Å². The van der Waals surface area contributed by atoms with Crippen LogP contribution in [0.4, 0.5) is 11.4 Å². The summed E-state index contributed by atoms with van der Waals surface area (Å²) in [5.41, 5.74) is 13.7. The lowest BCUT2D eigenvalue weighted by molar-refractivity contribution is 1.09. The van der Waals surface area contributed by atoms with E-state index in [2.05, 4.69) is 79.5 Å². The molecule has 1 heteroatoms. The molecule has 0 aromatic heterocycles. The fraction of sp³-hybridized carbons (Fsp3) is 0.429. The Hall–Kier alpha value is -1.76. The number of anilines is 2. The lowest BCUT2D eigenvalue weighted by Crippen LogP contribution is -2.17. The first-order valence-electron chi connectivity index (χ1n) is 8.05. The van der Waals surface area contributed by atoms with Crippen molar-refractivity contribution in [1.82, 2.24) is 0 Å². The van der Waals surface area contributed by atoms with Gasteiger partial charge in [0.05, 0.1) is 0 Å². The molecule has 0 bridgehead atoms. The van der Waals surface area contributed by atoms with Crippen molar-refractivity contribution < 1.29 is 0 Å². The Morgan fingerprint density at radius 3 is 1.41 bits per heavy atom. The van der Waals surface area contributed by atoms with E-state index in [1.165, 1.54) is 55.9 Å². The van der Waals surface area contributed by atoms with Gasteiger partial charge in [-0.1, -0.05) is 12.1 Å². The summed E-state index contributed by atoms with van der Waals surface area (Å²) in [4.78, 5) is 2.39. The monoisotopic (exact) mass is 295 g/mol. The van der Waals surface area contributed by atoms with Gasteiger partial charge >= 0.3 is 0 Å². The van der Waals surface area contributed by atoms with Gasteiger partial charge in [-0.15, -0.1) is 0 Å². The summed E-state index contributed by atoms with van der Waals surface area (Å²) in [6.45, 7) is 17.8. The van der Waals surface area contributed by atoms with E-state index in [1.54, 1.807) is 0 Å². The second-order valence-corrected chi connectivity index (χ2v) is 6.78. The van der Waals surface area contributed by atoms with Gasteiger partial charge in [-0.2, -0.15) is 0 Å². The van der Waals surface area contributed by atoms with Gasteiger partial charge in [0.1, 0.15) is 0 Å². The van der Waals surface area contributed by atoms with E-state index in [0.717, 1.165) is 0 Å². The Morgan fingerprint density at radius 1 is 0.500 bits per heavy atom. The van der Waals surface area contributed by atoms with Crippen LogP contribution >= 0.6 is 0 Å². The molecule has 0 spiro atoms. The van der Waals surface area contributed by atoms with E-state index in [4.69, 9.17) is 0 Å². The van der Waals surface area contributed by atoms with Gasteiger partial charge in [0.25, 0.3) is 0 Å². The van der Waals surface area contributed by atoms with Crippen molar-refractivity contribution in [3.05, 3.63) is 56.6 Å². The Morgan fingerprint density at radius 2 is 0.909 bits per heavy atom. The van der Waals surface area contributed by atoms with Crippen LogP contribution in [0.25, 0.3) is 0 Å². The van der Waals surface area contributed by atoms with Crippen LogP contribution in [0.5, 0.6) is 0 Å². The van der Waals surface area contributed by atoms with Crippen molar-refractivity contribution in [2.24, 2.45) is 0 Å². The summed E-state index contributed by atoms with van der Waals surface area (Å²) in [6.07, 6.45) is 0. The molecule has 118 valence electrons. The molecular formula is C21H29N. The number of aryl methyl sites for hydroxylation is 4. The third-order valence-electron chi connectivity index (χ3n) is 5.31. The van der Waals surface area contributed by atoms with E-state index in [9.17, 15) is 0 Å². The number of nitrogens with zero attached hydrogens (tertiary/aromatic N) is 1. The van der Waals surface area contributed by atoms with Gasteiger partial charge in [-0.05, 0) is 99.9 Å². The van der Waals surface area contributed by atoms with Crippen molar-refractivity contribution in [2.45, 2.75) is 55.4 Å². The highest BCUT2D eigenvalue weighted by molar-refractivity contribution is 5.76. The van der Waals surface area contributed by atoms with Gasteiger partial charge in [0.15, 0.2) is 0 Å². The zero-order valence-corrected chi connectivity index (χ0v) is 15.6. The zero-order valence-electron chi connectivity index (χ0n) is 15.6. The number of hydrogen-bond donors (Lipinski definition) is 0. The maximum absolute atomic E-state index is 2.39. The molecule has 22 heavy (non-hydrogen) atoms. The molecule has 0 amide bonds. The third-order valence-corrected chi connectivity index (χ3v) is 5.31. The Kier molecular flexibility index (Phi) is 4.37. The minimum atomic E-state index is 1.35. The fourth-order valence-electron chi connectivity index (χ4n) is 3.60. The SMILES string of the molecule is Cc1cc(C)c(N(C)c2c(C)c(C)cc(C)c2C)c(C)c1C. The first-order valence-corrected chi connectivity index (χ1v) is 8.05. The molecule has 0 unspecified atom stereocenters. The highest BCUT2D eigenvalue weighted by atomic mass is 15.1. The zero-order chi connectivity index (χ0) is 16.8. The molecule has 0 saturated heterocycles. The maximum Gasteiger partial charge on any atom is 0.0472 e. The first-order chi connectivity index (χ1) is 10.2. The van der Waals surface area contributed by atoms with Crippen LogP contribution in [-0.2, 0) is 0 Å². The summed E-state index contributed by atoms with van der Waals surface area (Å²) in [5.74, 6) is 0. The molecule has 0 N–H and O–H groups in total. The second-order valence-electron chi connectivity index (χ2n) is 6.78. The minimum Gasteiger partial charge on any atom is -0.344 e. The average Bonchev–Trinajstić information content (AvgIpc) is 2.43. The molecular weight excluding hydrogens is 266 g/mol. The fourth-order valence-corrected chi connectivity index (χ4v) is 3.60.